The predicted octanol–water partition coefficient (Wildman–Crippen LogP) is 6.92. The van der Waals surface area contributed by atoms with E-state index in [2.05, 4.69) is 28.5 Å². The van der Waals surface area contributed by atoms with Crippen molar-refractivity contribution >= 4 is 55.7 Å². The van der Waals surface area contributed by atoms with Crippen molar-refractivity contribution in [2.45, 2.75) is 6.92 Å². The maximum absolute atomic E-state index is 12.8. The molecular weight excluding hydrogens is 404 g/mol. The quantitative estimate of drug-likeness (QED) is 0.346. The van der Waals surface area contributed by atoms with Gasteiger partial charge in [-0.2, -0.15) is 0 Å². The van der Waals surface area contributed by atoms with E-state index in [0.29, 0.717) is 15.7 Å². The van der Waals surface area contributed by atoms with E-state index in [9.17, 15) is 4.79 Å². The molecule has 0 aliphatic carbocycles. The number of halogens is 1. The number of anilines is 1. The molecule has 0 fully saturated rings. The number of hydrogen-bond donors (Lipinski definition) is 1. The van der Waals surface area contributed by atoms with Crippen LogP contribution in [0, 0.1) is 6.92 Å². The zero-order valence-electron chi connectivity index (χ0n) is 15.4. The molecule has 5 rings (SSSR count). The Morgan fingerprint density at radius 2 is 1.90 bits per heavy atom. The summed E-state index contributed by atoms with van der Waals surface area (Å²) in [6.07, 6.45) is 0. The molecule has 2 heterocycles. The normalized spacial score (nSPS) is 11.2. The van der Waals surface area contributed by atoms with Gasteiger partial charge in [0, 0.05) is 26.9 Å². The average Bonchev–Trinajstić information content (AvgIpc) is 3.32. The molecule has 1 N–H and O–H groups in total. The molecule has 6 heteroatoms. The van der Waals surface area contributed by atoms with Gasteiger partial charge in [0.1, 0.15) is 5.58 Å². The van der Waals surface area contributed by atoms with Crippen LogP contribution < -0.4 is 5.32 Å². The van der Waals surface area contributed by atoms with Gasteiger partial charge in [0.05, 0.1) is 5.69 Å². The molecule has 2 aromatic heterocycles. The number of nitrogens with one attached hydrogen (secondary N) is 1. The average molecular weight is 419 g/mol. The van der Waals surface area contributed by atoms with E-state index in [0.717, 1.165) is 33.0 Å². The number of benzene rings is 3. The summed E-state index contributed by atoms with van der Waals surface area (Å²) in [5, 5.41) is 9.04. The lowest BCUT2D eigenvalue weighted by Crippen LogP contribution is -2.11. The first-order valence-corrected chi connectivity index (χ1v) is 10.3. The zero-order chi connectivity index (χ0) is 20.0. The summed E-state index contributed by atoms with van der Waals surface area (Å²) in [5.74, 6) is -0.0576. The van der Waals surface area contributed by atoms with E-state index in [1.165, 1.54) is 11.3 Å². The van der Waals surface area contributed by atoms with Gasteiger partial charge in [0.2, 0.25) is 0 Å². The monoisotopic (exact) mass is 418 g/mol. The molecule has 3 aromatic carbocycles. The molecule has 0 bridgehead atoms. The summed E-state index contributed by atoms with van der Waals surface area (Å²) < 4.78 is 5.74. The van der Waals surface area contributed by atoms with Crippen LogP contribution in [0.1, 0.15) is 16.1 Å². The van der Waals surface area contributed by atoms with Crippen LogP contribution in [0.2, 0.25) is 5.02 Å². The topological polar surface area (TPSA) is 55.1 Å². The van der Waals surface area contributed by atoms with Crippen molar-refractivity contribution in [3.05, 3.63) is 82.4 Å². The van der Waals surface area contributed by atoms with Gasteiger partial charge in [-0.1, -0.05) is 54.1 Å². The largest absolute Gasteiger partial charge is 0.451 e. The summed E-state index contributed by atoms with van der Waals surface area (Å²) in [6.45, 7) is 1.85. The van der Waals surface area contributed by atoms with E-state index in [4.69, 9.17) is 16.0 Å². The fourth-order valence-corrected chi connectivity index (χ4v) is 4.34. The lowest BCUT2D eigenvalue weighted by Gasteiger charge is -2.03. The van der Waals surface area contributed by atoms with Gasteiger partial charge in [-0.15, -0.1) is 11.3 Å². The van der Waals surface area contributed by atoms with Crippen molar-refractivity contribution in [2.75, 3.05) is 5.32 Å². The Kier molecular flexibility index (Phi) is 4.34. The van der Waals surface area contributed by atoms with Crippen LogP contribution in [0.5, 0.6) is 0 Å². The summed E-state index contributed by atoms with van der Waals surface area (Å²) in [7, 11) is 0. The van der Waals surface area contributed by atoms with Crippen molar-refractivity contribution in [2.24, 2.45) is 0 Å². The van der Waals surface area contributed by atoms with Gasteiger partial charge in [-0.3, -0.25) is 10.1 Å². The Morgan fingerprint density at radius 3 is 2.79 bits per heavy atom. The molecule has 0 radical (unpaired) electrons. The first kappa shape index (κ1) is 17.9. The Hall–Kier alpha value is -3.15. The zero-order valence-corrected chi connectivity index (χ0v) is 17.0. The number of thiazole rings is 1. The van der Waals surface area contributed by atoms with Gasteiger partial charge < -0.3 is 4.42 Å². The predicted molar refractivity (Wildman–Crippen MR) is 119 cm³/mol. The smallest absolute Gasteiger partial charge is 0.293 e. The summed E-state index contributed by atoms with van der Waals surface area (Å²) in [6, 6.07) is 19.6. The van der Waals surface area contributed by atoms with Crippen LogP contribution in [0.3, 0.4) is 0 Å². The number of aryl methyl sites for hydroxylation is 1. The number of amides is 1. The molecule has 0 saturated heterocycles. The number of carbonyl (C=O) groups excluding carboxylic acids is 1. The first-order valence-electron chi connectivity index (χ1n) is 9.04. The summed E-state index contributed by atoms with van der Waals surface area (Å²) in [4.78, 5) is 17.4. The Bertz CT molecular complexity index is 1380. The number of furan rings is 1. The SMILES string of the molecule is Cc1c(C(=O)Nc2nc(-c3cccc4ccccc34)cs2)oc2ccc(Cl)cc12. The minimum Gasteiger partial charge on any atom is -0.451 e. The number of rotatable bonds is 3. The van der Waals surface area contributed by atoms with Gasteiger partial charge in [-0.25, -0.2) is 4.98 Å². The lowest BCUT2D eigenvalue weighted by molar-refractivity contribution is 0.0998. The summed E-state index contributed by atoms with van der Waals surface area (Å²) >= 11 is 7.45. The highest BCUT2D eigenvalue weighted by atomic mass is 35.5. The van der Waals surface area contributed by atoms with Crippen LogP contribution in [0.25, 0.3) is 33.0 Å². The Labute approximate surface area is 175 Å². The number of aromatic nitrogens is 1. The van der Waals surface area contributed by atoms with Crippen LogP contribution in [0.4, 0.5) is 5.13 Å². The van der Waals surface area contributed by atoms with E-state index in [1.54, 1.807) is 18.2 Å². The number of fused-ring (bicyclic) bond motifs is 2. The summed E-state index contributed by atoms with van der Waals surface area (Å²) in [5.41, 5.74) is 3.25. The van der Waals surface area contributed by atoms with Crippen LogP contribution in [-0.2, 0) is 0 Å². The van der Waals surface area contributed by atoms with Crippen LogP contribution in [-0.4, -0.2) is 10.9 Å². The third-order valence-electron chi connectivity index (χ3n) is 4.89. The highest BCUT2D eigenvalue weighted by Gasteiger charge is 2.19. The Morgan fingerprint density at radius 1 is 1.07 bits per heavy atom. The van der Waals surface area contributed by atoms with Gasteiger partial charge in [0.15, 0.2) is 10.9 Å². The van der Waals surface area contributed by atoms with Crippen molar-refractivity contribution in [3.63, 3.8) is 0 Å². The molecule has 142 valence electrons. The van der Waals surface area contributed by atoms with Crippen molar-refractivity contribution in [3.8, 4) is 11.3 Å². The molecule has 1 amide bonds. The van der Waals surface area contributed by atoms with E-state index in [1.807, 2.05) is 36.6 Å². The third kappa shape index (κ3) is 3.18. The maximum Gasteiger partial charge on any atom is 0.293 e. The van der Waals surface area contributed by atoms with Crippen LogP contribution >= 0.6 is 22.9 Å². The van der Waals surface area contributed by atoms with Crippen molar-refractivity contribution < 1.29 is 9.21 Å². The standard InChI is InChI=1S/C23H15ClN2O2S/c1-13-18-11-15(24)9-10-20(18)28-21(13)22(27)26-23-25-19(12-29-23)17-8-4-6-14-5-2-3-7-16(14)17/h2-12H,1H3,(H,25,26,27). The van der Waals surface area contributed by atoms with E-state index in [-0.39, 0.29) is 11.7 Å². The molecule has 4 nitrogen and oxygen atoms in total. The third-order valence-corrected chi connectivity index (χ3v) is 5.89. The lowest BCUT2D eigenvalue weighted by atomic mass is 10.0. The Balaban J connectivity index is 1.46. The second kappa shape index (κ2) is 7.03. The molecule has 0 spiro atoms. The second-order valence-electron chi connectivity index (χ2n) is 6.72. The van der Waals surface area contributed by atoms with Crippen LogP contribution in [0.15, 0.2) is 70.5 Å². The molecule has 5 aromatic rings. The second-order valence-corrected chi connectivity index (χ2v) is 8.01. The first-order chi connectivity index (χ1) is 14.1. The van der Waals surface area contributed by atoms with Crippen molar-refractivity contribution in [1.29, 1.82) is 0 Å². The van der Waals surface area contributed by atoms with Gasteiger partial charge >= 0.3 is 0 Å². The van der Waals surface area contributed by atoms with Crippen molar-refractivity contribution in [1.82, 2.24) is 4.98 Å². The number of carbonyl (C=O) groups is 1. The minimum atomic E-state index is -0.325. The van der Waals surface area contributed by atoms with Gasteiger partial charge in [-0.05, 0) is 35.9 Å². The van der Waals surface area contributed by atoms with E-state index < -0.39 is 0 Å². The molecule has 0 aliphatic heterocycles. The molecule has 0 saturated carbocycles. The molecular formula is C23H15ClN2O2S. The maximum atomic E-state index is 12.8. The molecule has 0 atom stereocenters. The number of hydrogen-bond acceptors (Lipinski definition) is 4. The highest BCUT2D eigenvalue weighted by molar-refractivity contribution is 7.14. The molecule has 29 heavy (non-hydrogen) atoms. The van der Waals surface area contributed by atoms with Gasteiger partial charge in [0.25, 0.3) is 5.91 Å². The number of nitrogens with zero attached hydrogens (tertiary/aromatic N) is 1. The molecule has 0 aliphatic rings. The fourth-order valence-electron chi connectivity index (χ4n) is 3.47. The fraction of sp³-hybridized carbons (Fsp3) is 0.0435. The molecule has 0 unspecified atom stereocenters. The minimum absolute atomic E-state index is 0.268. The highest BCUT2D eigenvalue weighted by Crippen LogP contribution is 2.32. The van der Waals surface area contributed by atoms with E-state index >= 15 is 0 Å².